The molecular weight excluding hydrogens is 582 g/mol. The van der Waals surface area contributed by atoms with Crippen LogP contribution in [0.3, 0.4) is 0 Å². The molecule has 0 spiro atoms. The Kier molecular flexibility index (Phi) is 7.72. The summed E-state index contributed by atoms with van der Waals surface area (Å²) in [7, 11) is 0. The predicted octanol–water partition coefficient (Wildman–Crippen LogP) is 4.35. The van der Waals surface area contributed by atoms with Crippen molar-refractivity contribution in [1.29, 1.82) is 0 Å². The summed E-state index contributed by atoms with van der Waals surface area (Å²) >= 11 is 0. The van der Waals surface area contributed by atoms with Crippen LogP contribution in [-0.2, 0) is 16.0 Å². The first kappa shape index (κ1) is 30.9. The van der Waals surface area contributed by atoms with Crippen molar-refractivity contribution in [2.45, 2.75) is 83.8 Å². The third-order valence-electron chi connectivity index (χ3n) is 12.0. The van der Waals surface area contributed by atoms with Crippen molar-refractivity contribution in [2.24, 2.45) is 22.7 Å². The number of hydrogen-bond donors (Lipinski definition) is 2. The van der Waals surface area contributed by atoms with Crippen LogP contribution in [0.15, 0.2) is 59.8 Å². The second-order valence-corrected chi connectivity index (χ2v) is 14.4. The molecule has 8 rings (SSSR count). The second-order valence-electron chi connectivity index (χ2n) is 14.4. The Morgan fingerprint density at radius 1 is 1.04 bits per heavy atom. The zero-order chi connectivity index (χ0) is 32.4. The van der Waals surface area contributed by atoms with E-state index in [4.69, 9.17) is 4.74 Å². The van der Waals surface area contributed by atoms with Gasteiger partial charge in [-0.1, -0.05) is 43.3 Å². The monoisotopic (exact) mass is 624 g/mol. The molecule has 6 aliphatic rings. The van der Waals surface area contributed by atoms with E-state index in [9.17, 15) is 29.7 Å². The minimum atomic E-state index is -1.42. The topological polar surface area (TPSA) is 127 Å². The van der Waals surface area contributed by atoms with Gasteiger partial charge in [-0.15, -0.1) is 0 Å². The summed E-state index contributed by atoms with van der Waals surface area (Å²) in [6, 6.07) is 11.3. The van der Waals surface area contributed by atoms with E-state index in [0.717, 1.165) is 41.5 Å². The van der Waals surface area contributed by atoms with Gasteiger partial charge < -0.3 is 29.8 Å². The molecule has 0 radical (unpaired) electrons. The van der Waals surface area contributed by atoms with Crippen molar-refractivity contribution in [2.75, 3.05) is 13.2 Å². The molecule has 4 atom stereocenters. The molecule has 1 amide bonds. The molecule has 2 aliphatic heterocycles. The highest BCUT2D eigenvalue weighted by molar-refractivity contribution is 6.23. The van der Waals surface area contributed by atoms with Crippen molar-refractivity contribution in [3.63, 3.8) is 0 Å². The summed E-state index contributed by atoms with van der Waals surface area (Å²) < 4.78 is 6.21. The third kappa shape index (κ3) is 4.75. The number of carbonyl (C=O) groups is 3. The number of aliphatic hydroxyl groups is 2. The van der Waals surface area contributed by atoms with Crippen LogP contribution in [-0.4, -0.2) is 58.1 Å². The maximum Gasteiger partial charge on any atom is 0.235 e. The van der Waals surface area contributed by atoms with Gasteiger partial charge in [0, 0.05) is 29.2 Å². The van der Waals surface area contributed by atoms with E-state index in [2.05, 4.69) is 6.07 Å². The zero-order valence-electron chi connectivity index (χ0n) is 26.6. The number of aliphatic carboxylic acids is 1. The molecule has 2 bridgehead atoms. The number of ketones is 1. The highest BCUT2D eigenvalue weighted by Crippen LogP contribution is 2.60. The fraction of sp³-hybridized carbons (Fsp3) is 0.500. The molecule has 8 nitrogen and oxygen atoms in total. The summed E-state index contributed by atoms with van der Waals surface area (Å²) in [5, 5.41) is 31.5. The molecule has 3 unspecified atom stereocenters. The summed E-state index contributed by atoms with van der Waals surface area (Å²) in [6.07, 6.45) is 12.6. The molecule has 4 fully saturated rings. The number of β-lactam (4-membered cyclic amide) rings is 1. The first-order valence-electron chi connectivity index (χ1n) is 16.8. The zero-order valence-corrected chi connectivity index (χ0v) is 26.6. The van der Waals surface area contributed by atoms with Crippen LogP contribution < -0.4 is 9.84 Å². The molecule has 8 heteroatoms. The number of ether oxygens (including phenoxy) is 1. The average Bonchev–Trinajstić information content (AvgIpc) is 3.48. The molecule has 2 aromatic carbocycles. The first-order valence-corrected chi connectivity index (χ1v) is 16.8. The summed E-state index contributed by atoms with van der Waals surface area (Å²) in [5.74, 6) is -2.10. The van der Waals surface area contributed by atoms with Gasteiger partial charge in [0.25, 0.3) is 0 Å². The third-order valence-corrected chi connectivity index (χ3v) is 12.0. The number of benzene rings is 2. The first-order chi connectivity index (χ1) is 22.1. The maximum atomic E-state index is 13.9. The molecule has 2 aromatic rings. The molecule has 2 heterocycles. The number of fused-ring (bicyclic) bond motifs is 7. The van der Waals surface area contributed by atoms with Crippen LogP contribution in [0.1, 0.15) is 86.7 Å². The van der Waals surface area contributed by atoms with Gasteiger partial charge in [0.1, 0.15) is 12.4 Å². The summed E-state index contributed by atoms with van der Waals surface area (Å²) in [5.41, 5.74) is 5.17. The number of carboxylic acid groups (broad SMARTS) is 1. The lowest BCUT2D eigenvalue weighted by atomic mass is 9.51. The van der Waals surface area contributed by atoms with Crippen molar-refractivity contribution in [3.8, 4) is 16.9 Å². The highest BCUT2D eigenvalue weighted by atomic mass is 16.5. The standard InChI is InChI=1S/C38H43NO7/c1-22-25(33(36(44)45)39-32(22)29(23(2)41)35(39)43)10-5-20-46-28-11-4-9-27-31(28)26-8-3-7-24(30(26)34(27)42)21-38-16-13-37(14-17-38,15-18-38)12-6-19-40/h3-5,7-11,22-23,29,32,40-41H,6,12-21H2,1-2H3,(H,44,45)/p-1/b10-5+/t22-,23?,29?,32?,37?,38?/m0/s1. The number of nitrogens with zero attached hydrogens (tertiary/aromatic N) is 1. The number of amides is 1. The average molecular weight is 625 g/mol. The Balaban J connectivity index is 1.09. The van der Waals surface area contributed by atoms with Gasteiger partial charge in [-0.25, -0.2) is 0 Å². The molecule has 1 saturated heterocycles. The molecule has 2 N–H and O–H groups in total. The van der Waals surface area contributed by atoms with Gasteiger partial charge in [0.2, 0.25) is 5.91 Å². The van der Waals surface area contributed by atoms with Crippen molar-refractivity contribution in [3.05, 3.63) is 76.5 Å². The lowest BCUT2D eigenvalue weighted by Crippen LogP contribution is -2.64. The fourth-order valence-corrected chi connectivity index (χ4v) is 9.43. The molecule has 242 valence electrons. The van der Waals surface area contributed by atoms with Crippen LogP contribution >= 0.6 is 0 Å². The Labute approximate surface area is 269 Å². The number of allylic oxidation sites excluding steroid dienone is 1. The molecule has 4 aliphatic carbocycles. The number of hydrogen-bond acceptors (Lipinski definition) is 7. The van der Waals surface area contributed by atoms with E-state index in [-0.39, 0.29) is 36.0 Å². The van der Waals surface area contributed by atoms with Crippen LogP contribution in [0.5, 0.6) is 5.75 Å². The van der Waals surface area contributed by atoms with E-state index in [1.54, 1.807) is 19.1 Å². The molecule has 46 heavy (non-hydrogen) atoms. The normalized spacial score (nSPS) is 30.0. The molecule has 3 saturated carbocycles. The highest BCUT2D eigenvalue weighted by Gasteiger charge is 2.58. The smallest absolute Gasteiger partial charge is 0.235 e. The Hall–Kier alpha value is -3.75. The van der Waals surface area contributed by atoms with E-state index in [1.807, 2.05) is 37.3 Å². The van der Waals surface area contributed by atoms with Gasteiger partial charge in [-0.3, -0.25) is 9.59 Å². The van der Waals surface area contributed by atoms with E-state index in [1.165, 1.54) is 43.4 Å². The number of rotatable bonds is 11. The Morgan fingerprint density at radius 2 is 1.72 bits per heavy atom. The second kappa shape index (κ2) is 11.5. The summed E-state index contributed by atoms with van der Waals surface area (Å²) in [4.78, 5) is 39.8. The van der Waals surface area contributed by atoms with Crippen LogP contribution in [0.2, 0.25) is 0 Å². The van der Waals surface area contributed by atoms with E-state index < -0.39 is 29.9 Å². The van der Waals surface area contributed by atoms with Crippen LogP contribution in [0, 0.1) is 22.7 Å². The largest absolute Gasteiger partial charge is 0.543 e. The van der Waals surface area contributed by atoms with Crippen molar-refractivity contribution < 1.29 is 34.4 Å². The number of carboxylic acids is 1. The quantitative estimate of drug-likeness (QED) is 0.304. The lowest BCUT2D eigenvalue weighted by Gasteiger charge is -2.54. The molecular formula is C38H42NO7-. The Bertz CT molecular complexity index is 1640. The fourth-order valence-electron chi connectivity index (χ4n) is 9.43. The summed E-state index contributed by atoms with van der Waals surface area (Å²) in [6.45, 7) is 3.80. The van der Waals surface area contributed by atoms with E-state index >= 15 is 0 Å². The minimum Gasteiger partial charge on any atom is -0.543 e. The Morgan fingerprint density at radius 3 is 2.39 bits per heavy atom. The molecule has 0 aromatic heterocycles. The lowest BCUT2D eigenvalue weighted by molar-refractivity contribution is -0.301. The van der Waals surface area contributed by atoms with Crippen molar-refractivity contribution >= 4 is 17.7 Å². The minimum absolute atomic E-state index is 0.0345. The van der Waals surface area contributed by atoms with E-state index in [0.29, 0.717) is 22.3 Å². The van der Waals surface area contributed by atoms with Gasteiger partial charge in [0.05, 0.1) is 29.7 Å². The maximum absolute atomic E-state index is 13.9. The SMILES string of the molecule is CC(O)C1C(=O)N2C(C(=O)[O-])=C(/C=C/COc3cccc4c3-c3cccc(CC56CCC(CCCO)(CC5)CC6)c3C4=O)[C@H](C)C12. The number of carbonyl (C=O) groups excluding carboxylic acids is 3. The number of aliphatic hydroxyl groups excluding tert-OH is 2. The van der Waals surface area contributed by atoms with Gasteiger partial charge in [0.15, 0.2) is 5.78 Å². The van der Waals surface area contributed by atoms with Gasteiger partial charge >= 0.3 is 0 Å². The van der Waals surface area contributed by atoms with Crippen LogP contribution in [0.4, 0.5) is 0 Å². The van der Waals surface area contributed by atoms with Crippen LogP contribution in [0.25, 0.3) is 11.1 Å². The predicted molar refractivity (Wildman–Crippen MR) is 170 cm³/mol. The van der Waals surface area contributed by atoms with Crippen molar-refractivity contribution in [1.82, 2.24) is 4.90 Å². The van der Waals surface area contributed by atoms with Gasteiger partial charge in [-0.05, 0) is 104 Å². The van der Waals surface area contributed by atoms with Gasteiger partial charge in [-0.2, -0.15) is 0 Å².